The molecule has 32 heavy (non-hydrogen) atoms. The van der Waals surface area contributed by atoms with E-state index < -0.39 is 35.6 Å². The molecular weight excluding hydrogens is 426 g/mol. The minimum atomic E-state index is -1.07. The van der Waals surface area contributed by atoms with Gasteiger partial charge in [0.1, 0.15) is 6.04 Å². The monoisotopic (exact) mass is 447 g/mol. The molecule has 1 unspecified atom stereocenters. The number of hydrogen-bond donors (Lipinski definition) is 5. The fourth-order valence-corrected chi connectivity index (χ4v) is 3.17. The molecule has 0 bridgehead atoms. The van der Waals surface area contributed by atoms with Gasteiger partial charge in [-0.3, -0.25) is 43.8 Å². The number of carbonyl (C=O) groups excluding carboxylic acids is 6. The maximum atomic E-state index is 12.9. The lowest BCUT2D eigenvalue weighted by molar-refractivity contribution is -0.136. The third-order valence-electron chi connectivity index (χ3n) is 4.63. The highest BCUT2D eigenvalue weighted by atomic mass is 16.3. The second kappa shape index (κ2) is 10.7. The van der Waals surface area contributed by atoms with Gasteiger partial charge >= 0.3 is 0 Å². The molecule has 0 radical (unpaired) electrons. The number of fused-ring (bicyclic) bond motifs is 1. The molecule has 1 atom stereocenters. The Morgan fingerprint density at radius 1 is 1.16 bits per heavy atom. The Balaban J connectivity index is 0.00000114. The van der Waals surface area contributed by atoms with Crippen LogP contribution in [0.5, 0.6) is 0 Å². The Labute approximate surface area is 181 Å². The number of benzene rings is 1. The SMILES string of the molecule is CNC(=O)CNC(=O)CNc1cccc2c1C(=O)N(C1CCC(=O)NC1=O)C2=O.O=CO. The van der Waals surface area contributed by atoms with Gasteiger partial charge in [0.25, 0.3) is 18.3 Å². The van der Waals surface area contributed by atoms with E-state index in [-0.39, 0.29) is 55.1 Å². The summed E-state index contributed by atoms with van der Waals surface area (Å²) in [5.41, 5.74) is 0.419. The van der Waals surface area contributed by atoms with Crippen LogP contribution in [0.2, 0.25) is 0 Å². The highest BCUT2D eigenvalue weighted by Crippen LogP contribution is 2.32. The number of nitrogens with zero attached hydrogens (tertiary/aromatic N) is 1. The predicted octanol–water partition coefficient (Wildman–Crippen LogP) is -1.94. The van der Waals surface area contributed by atoms with Crippen molar-refractivity contribution in [2.75, 3.05) is 25.5 Å². The molecule has 1 saturated heterocycles. The van der Waals surface area contributed by atoms with Crippen molar-refractivity contribution in [3.8, 4) is 0 Å². The lowest BCUT2D eigenvalue weighted by atomic mass is 10.0. The van der Waals surface area contributed by atoms with E-state index in [1.54, 1.807) is 6.07 Å². The second-order valence-electron chi connectivity index (χ2n) is 6.58. The minimum Gasteiger partial charge on any atom is -0.483 e. The summed E-state index contributed by atoms with van der Waals surface area (Å²) in [6, 6.07) is 3.47. The van der Waals surface area contributed by atoms with Crippen molar-refractivity contribution in [3.05, 3.63) is 29.3 Å². The highest BCUT2D eigenvalue weighted by molar-refractivity contribution is 6.25. The van der Waals surface area contributed by atoms with Crippen LogP contribution >= 0.6 is 0 Å². The first kappa shape index (κ1) is 24.0. The van der Waals surface area contributed by atoms with Crippen molar-refractivity contribution in [3.63, 3.8) is 0 Å². The summed E-state index contributed by atoms with van der Waals surface area (Å²) in [4.78, 5) is 81.3. The maximum Gasteiger partial charge on any atom is 0.290 e. The van der Waals surface area contributed by atoms with Crippen molar-refractivity contribution >= 4 is 47.6 Å². The number of rotatable bonds is 6. The van der Waals surface area contributed by atoms with Crippen molar-refractivity contribution in [1.29, 1.82) is 0 Å². The number of carbonyl (C=O) groups is 7. The first-order chi connectivity index (χ1) is 15.2. The highest BCUT2D eigenvalue weighted by Gasteiger charge is 2.45. The number of hydrogen-bond acceptors (Lipinski definition) is 8. The minimum absolute atomic E-state index is 0.0282. The van der Waals surface area contributed by atoms with Gasteiger partial charge in [-0.05, 0) is 18.6 Å². The number of amides is 6. The van der Waals surface area contributed by atoms with E-state index in [2.05, 4.69) is 21.3 Å². The number of anilines is 1. The van der Waals surface area contributed by atoms with Crippen LogP contribution in [-0.4, -0.2) is 78.1 Å². The molecule has 2 aliphatic rings. The van der Waals surface area contributed by atoms with Crippen LogP contribution in [-0.2, 0) is 24.0 Å². The van der Waals surface area contributed by atoms with Gasteiger partial charge in [-0.2, -0.15) is 0 Å². The predicted molar refractivity (Wildman–Crippen MR) is 107 cm³/mol. The van der Waals surface area contributed by atoms with Crippen molar-refractivity contribution in [1.82, 2.24) is 20.9 Å². The van der Waals surface area contributed by atoms with Crippen molar-refractivity contribution < 1.29 is 38.7 Å². The summed E-state index contributed by atoms with van der Waals surface area (Å²) >= 11 is 0. The Hall–Kier alpha value is -4.29. The molecule has 2 heterocycles. The average molecular weight is 447 g/mol. The van der Waals surface area contributed by atoms with Gasteiger partial charge in [0, 0.05) is 19.2 Å². The van der Waals surface area contributed by atoms with E-state index in [4.69, 9.17) is 9.90 Å². The van der Waals surface area contributed by atoms with Crippen LogP contribution in [0.25, 0.3) is 0 Å². The molecule has 5 N–H and O–H groups in total. The fraction of sp³-hybridized carbons (Fsp3) is 0.316. The van der Waals surface area contributed by atoms with E-state index >= 15 is 0 Å². The van der Waals surface area contributed by atoms with Gasteiger partial charge in [-0.1, -0.05) is 6.07 Å². The molecule has 170 valence electrons. The Bertz CT molecular complexity index is 976. The molecule has 0 saturated carbocycles. The number of nitrogens with one attached hydrogen (secondary N) is 4. The number of carboxylic acid groups (broad SMARTS) is 1. The molecule has 0 spiro atoms. The van der Waals surface area contributed by atoms with Gasteiger partial charge < -0.3 is 21.1 Å². The Morgan fingerprint density at radius 2 is 1.84 bits per heavy atom. The van der Waals surface area contributed by atoms with E-state index in [1.807, 2.05) is 0 Å². The third-order valence-corrected chi connectivity index (χ3v) is 4.63. The van der Waals surface area contributed by atoms with E-state index in [0.29, 0.717) is 0 Å². The standard InChI is InChI=1S/C18H19N5O6.CH2O2/c1-19-13(25)7-21-14(26)8-20-10-4-2-3-9-15(10)18(29)23(17(9)28)11-5-6-12(24)22-16(11)27;2-1-3/h2-4,11,20H,5-8H2,1H3,(H,19,25)(H,21,26)(H,22,24,27);1H,(H,2,3). The van der Waals surface area contributed by atoms with Crippen LogP contribution in [0, 0.1) is 0 Å². The summed E-state index contributed by atoms with van der Waals surface area (Å²) in [6.07, 6.45) is 0.0845. The molecule has 13 nitrogen and oxygen atoms in total. The van der Waals surface area contributed by atoms with Gasteiger partial charge in [-0.15, -0.1) is 0 Å². The van der Waals surface area contributed by atoms with Gasteiger partial charge in [0.2, 0.25) is 23.6 Å². The number of likely N-dealkylation sites (N-methyl/N-ethyl adjacent to an activating group) is 1. The van der Waals surface area contributed by atoms with Gasteiger partial charge in [-0.25, -0.2) is 0 Å². The quantitative estimate of drug-likeness (QED) is 0.244. The molecule has 1 aromatic rings. The molecular formula is C19H21N5O8. The van der Waals surface area contributed by atoms with Crippen LogP contribution < -0.4 is 21.3 Å². The third kappa shape index (κ3) is 5.24. The lowest BCUT2D eigenvalue weighted by Crippen LogP contribution is -2.54. The molecule has 2 aliphatic heterocycles. The van der Waals surface area contributed by atoms with Crippen LogP contribution in [0.1, 0.15) is 33.6 Å². The number of piperidine rings is 1. The first-order valence-electron chi connectivity index (χ1n) is 9.38. The molecule has 0 aliphatic carbocycles. The van der Waals surface area contributed by atoms with E-state index in [0.717, 1.165) is 4.90 Å². The van der Waals surface area contributed by atoms with E-state index in [9.17, 15) is 28.8 Å². The van der Waals surface area contributed by atoms with Crippen molar-refractivity contribution in [2.24, 2.45) is 0 Å². The maximum absolute atomic E-state index is 12.9. The summed E-state index contributed by atoms with van der Waals surface area (Å²) in [7, 11) is 1.44. The zero-order valence-corrected chi connectivity index (χ0v) is 17.0. The molecule has 3 rings (SSSR count). The van der Waals surface area contributed by atoms with Crippen LogP contribution in [0.4, 0.5) is 5.69 Å². The Morgan fingerprint density at radius 3 is 2.47 bits per heavy atom. The number of imide groups is 2. The zero-order chi connectivity index (χ0) is 23.8. The fourth-order valence-electron chi connectivity index (χ4n) is 3.17. The first-order valence-corrected chi connectivity index (χ1v) is 9.38. The summed E-state index contributed by atoms with van der Waals surface area (Å²) in [5, 5.41) is 16.6. The summed E-state index contributed by atoms with van der Waals surface area (Å²) < 4.78 is 0. The summed E-state index contributed by atoms with van der Waals surface area (Å²) in [5.74, 6) is -3.29. The molecule has 6 amide bonds. The lowest BCUT2D eigenvalue weighted by Gasteiger charge is -2.27. The van der Waals surface area contributed by atoms with Gasteiger partial charge in [0.15, 0.2) is 0 Å². The van der Waals surface area contributed by atoms with Crippen molar-refractivity contribution in [2.45, 2.75) is 18.9 Å². The second-order valence-corrected chi connectivity index (χ2v) is 6.58. The molecule has 0 aromatic heterocycles. The van der Waals surface area contributed by atoms with Gasteiger partial charge in [0.05, 0.1) is 24.2 Å². The zero-order valence-electron chi connectivity index (χ0n) is 17.0. The van der Waals surface area contributed by atoms with E-state index in [1.165, 1.54) is 19.2 Å². The molecule has 1 fully saturated rings. The van der Waals surface area contributed by atoms with Crippen LogP contribution in [0.3, 0.4) is 0 Å². The molecule has 13 heteroatoms. The smallest absolute Gasteiger partial charge is 0.290 e. The topological polar surface area (TPSA) is 191 Å². The average Bonchev–Trinajstić information content (AvgIpc) is 3.02. The normalized spacial score (nSPS) is 16.9. The largest absolute Gasteiger partial charge is 0.483 e. The summed E-state index contributed by atoms with van der Waals surface area (Å²) in [6.45, 7) is -0.669. The Kier molecular flexibility index (Phi) is 7.98. The molecule has 1 aromatic carbocycles. The van der Waals surface area contributed by atoms with Crippen LogP contribution in [0.15, 0.2) is 18.2 Å².